The van der Waals surface area contributed by atoms with Gasteiger partial charge in [-0.05, 0) is 78.2 Å². The topological polar surface area (TPSA) is 85.4 Å². The molecular weight excluding hydrogens is 448 g/mol. The van der Waals surface area contributed by atoms with E-state index in [1.54, 1.807) is 31.5 Å². The summed E-state index contributed by atoms with van der Waals surface area (Å²) in [4.78, 5) is 17.8. The zero-order valence-electron chi connectivity index (χ0n) is 19.1. The van der Waals surface area contributed by atoms with E-state index in [1.807, 2.05) is 55.5 Å². The summed E-state index contributed by atoms with van der Waals surface area (Å²) < 4.78 is 29.7. The fraction of sp³-hybridized carbons (Fsp3) is 0.111. The second-order valence-corrected chi connectivity index (χ2v) is 9.93. The largest absolute Gasteiger partial charge is 0.496 e. The zero-order chi connectivity index (χ0) is 24.3. The number of benzene rings is 3. The van der Waals surface area contributed by atoms with Crippen molar-refractivity contribution in [1.82, 2.24) is 4.98 Å². The number of methoxy groups -OCH3 is 1. The maximum absolute atomic E-state index is 13.3. The van der Waals surface area contributed by atoms with E-state index in [-0.39, 0.29) is 10.8 Å². The number of anilines is 1. The van der Waals surface area contributed by atoms with Crippen LogP contribution < -0.4 is 10.1 Å². The summed E-state index contributed by atoms with van der Waals surface area (Å²) in [7, 11) is -1.87. The highest BCUT2D eigenvalue weighted by Gasteiger charge is 2.18. The number of aromatic nitrogens is 1. The fourth-order valence-corrected chi connectivity index (χ4v) is 4.37. The van der Waals surface area contributed by atoms with Crippen LogP contribution in [0, 0.1) is 6.92 Å². The van der Waals surface area contributed by atoms with Crippen LogP contribution in [0.15, 0.2) is 90.0 Å². The third-order valence-electron chi connectivity index (χ3n) is 5.45. The third kappa shape index (κ3) is 5.00. The molecule has 6 nitrogen and oxygen atoms in total. The average molecular weight is 473 g/mol. The summed E-state index contributed by atoms with van der Waals surface area (Å²) >= 11 is 0. The first-order chi connectivity index (χ1) is 16.3. The molecule has 172 valence electrons. The van der Waals surface area contributed by atoms with Gasteiger partial charge in [-0.3, -0.25) is 9.78 Å². The number of carbonyl (C=O) groups excluding carboxylic acids is 1. The van der Waals surface area contributed by atoms with E-state index in [0.29, 0.717) is 22.6 Å². The van der Waals surface area contributed by atoms with Crippen molar-refractivity contribution in [2.24, 2.45) is 0 Å². The molecule has 3 aromatic carbocycles. The van der Waals surface area contributed by atoms with Crippen molar-refractivity contribution in [1.29, 1.82) is 0 Å². The number of pyridine rings is 1. The molecule has 0 bridgehead atoms. The van der Waals surface area contributed by atoms with E-state index in [9.17, 15) is 13.2 Å². The lowest BCUT2D eigenvalue weighted by atomic mass is 9.97. The summed E-state index contributed by atoms with van der Waals surface area (Å²) in [6, 6.07) is 23.1. The van der Waals surface area contributed by atoms with Crippen molar-refractivity contribution in [3.8, 4) is 28.1 Å². The van der Waals surface area contributed by atoms with Crippen LogP contribution >= 0.6 is 0 Å². The Morgan fingerprint density at radius 1 is 0.912 bits per heavy atom. The number of rotatable bonds is 6. The van der Waals surface area contributed by atoms with Crippen molar-refractivity contribution >= 4 is 21.4 Å². The Morgan fingerprint density at radius 3 is 2.41 bits per heavy atom. The van der Waals surface area contributed by atoms with Crippen LogP contribution in [0.5, 0.6) is 5.75 Å². The smallest absolute Gasteiger partial charge is 0.256 e. The predicted molar refractivity (Wildman–Crippen MR) is 134 cm³/mol. The van der Waals surface area contributed by atoms with Crippen LogP contribution in [0.2, 0.25) is 0 Å². The van der Waals surface area contributed by atoms with Gasteiger partial charge >= 0.3 is 0 Å². The highest BCUT2D eigenvalue weighted by molar-refractivity contribution is 7.90. The number of hydrogen-bond acceptors (Lipinski definition) is 5. The maximum Gasteiger partial charge on any atom is 0.256 e. The van der Waals surface area contributed by atoms with E-state index in [1.165, 1.54) is 12.1 Å². The Kier molecular flexibility index (Phi) is 6.47. The Bertz CT molecular complexity index is 1470. The van der Waals surface area contributed by atoms with Crippen molar-refractivity contribution in [2.75, 3.05) is 18.7 Å². The van der Waals surface area contributed by atoms with Crippen molar-refractivity contribution in [3.63, 3.8) is 0 Å². The lowest BCUT2D eigenvalue weighted by Crippen LogP contribution is -2.14. The summed E-state index contributed by atoms with van der Waals surface area (Å²) in [5.74, 6) is 0.363. The Morgan fingerprint density at radius 2 is 1.74 bits per heavy atom. The van der Waals surface area contributed by atoms with Crippen molar-refractivity contribution in [3.05, 3.63) is 96.2 Å². The Hall–Kier alpha value is -3.97. The van der Waals surface area contributed by atoms with Crippen LogP contribution in [-0.2, 0) is 9.84 Å². The van der Waals surface area contributed by atoms with Gasteiger partial charge in [0.25, 0.3) is 5.91 Å². The normalized spacial score (nSPS) is 11.1. The first-order valence-corrected chi connectivity index (χ1v) is 12.5. The predicted octanol–water partition coefficient (Wildman–Crippen LogP) is 5.39. The monoisotopic (exact) mass is 472 g/mol. The van der Waals surface area contributed by atoms with Crippen LogP contribution in [0.1, 0.15) is 15.9 Å². The van der Waals surface area contributed by atoms with Crippen molar-refractivity contribution < 1.29 is 17.9 Å². The number of sulfone groups is 1. The van der Waals surface area contributed by atoms with Gasteiger partial charge in [-0.1, -0.05) is 24.3 Å². The molecule has 0 spiro atoms. The number of ether oxygens (including phenoxy) is 1. The van der Waals surface area contributed by atoms with Gasteiger partial charge < -0.3 is 10.1 Å². The molecule has 0 unspecified atom stereocenters. The average Bonchev–Trinajstić information content (AvgIpc) is 2.83. The lowest BCUT2D eigenvalue weighted by Gasteiger charge is -2.14. The van der Waals surface area contributed by atoms with E-state index < -0.39 is 9.84 Å². The van der Waals surface area contributed by atoms with Crippen LogP contribution in [0.3, 0.4) is 0 Å². The quantitative estimate of drug-likeness (QED) is 0.407. The molecule has 4 rings (SSSR count). The third-order valence-corrected chi connectivity index (χ3v) is 6.56. The SMILES string of the molecule is COc1ccc(-c2cc(S(C)(=O)=O)ccc2C(=O)Nc2cccc(-c3ccccn3)c2)cc1C. The number of aryl methyl sites for hydroxylation is 1. The molecule has 0 aliphatic carbocycles. The van der Waals surface area contributed by atoms with Crippen LogP contribution in [0.4, 0.5) is 5.69 Å². The molecule has 0 aliphatic rings. The van der Waals surface area contributed by atoms with Gasteiger partial charge in [0.1, 0.15) is 5.75 Å². The number of carbonyl (C=O) groups is 1. The summed E-state index contributed by atoms with van der Waals surface area (Å²) in [6.07, 6.45) is 2.86. The van der Waals surface area contributed by atoms with Gasteiger partial charge in [0.15, 0.2) is 9.84 Å². The minimum atomic E-state index is -3.46. The summed E-state index contributed by atoms with van der Waals surface area (Å²) in [5.41, 5.74) is 4.75. The Labute approximate surface area is 199 Å². The molecule has 1 heterocycles. The second kappa shape index (κ2) is 9.49. The molecule has 0 radical (unpaired) electrons. The molecule has 7 heteroatoms. The van der Waals surface area contributed by atoms with Gasteiger partial charge in [-0.25, -0.2) is 8.42 Å². The second-order valence-electron chi connectivity index (χ2n) is 7.91. The zero-order valence-corrected chi connectivity index (χ0v) is 19.9. The van der Waals surface area contributed by atoms with Gasteiger partial charge in [0.2, 0.25) is 0 Å². The van der Waals surface area contributed by atoms with Crippen LogP contribution in [-0.4, -0.2) is 32.7 Å². The molecule has 34 heavy (non-hydrogen) atoms. The van der Waals surface area contributed by atoms with E-state index in [2.05, 4.69) is 10.3 Å². The molecule has 1 N–H and O–H groups in total. The molecule has 1 aromatic heterocycles. The van der Waals surface area contributed by atoms with Gasteiger partial charge in [-0.2, -0.15) is 0 Å². The van der Waals surface area contributed by atoms with E-state index in [0.717, 1.165) is 28.6 Å². The van der Waals surface area contributed by atoms with Crippen LogP contribution in [0.25, 0.3) is 22.4 Å². The molecule has 0 aliphatic heterocycles. The number of hydrogen-bond donors (Lipinski definition) is 1. The fourth-order valence-electron chi connectivity index (χ4n) is 3.73. The number of nitrogens with one attached hydrogen (secondary N) is 1. The van der Waals surface area contributed by atoms with Gasteiger partial charge in [-0.15, -0.1) is 0 Å². The lowest BCUT2D eigenvalue weighted by molar-refractivity contribution is 0.102. The van der Waals surface area contributed by atoms with Gasteiger partial charge in [0, 0.05) is 29.3 Å². The molecule has 4 aromatic rings. The molecule has 1 amide bonds. The Balaban J connectivity index is 1.74. The minimum Gasteiger partial charge on any atom is -0.496 e. The number of nitrogens with zero attached hydrogens (tertiary/aromatic N) is 1. The summed E-state index contributed by atoms with van der Waals surface area (Å²) in [6.45, 7) is 1.89. The highest BCUT2D eigenvalue weighted by Crippen LogP contribution is 2.31. The maximum atomic E-state index is 13.3. The molecule has 0 atom stereocenters. The van der Waals surface area contributed by atoms with E-state index >= 15 is 0 Å². The standard InChI is InChI=1S/C27H24N2O4S/c1-18-15-19(10-13-26(18)33-2)24-17-22(34(3,31)32)11-12-23(24)27(30)29-21-8-6-7-20(16-21)25-9-4-5-14-28-25/h4-17H,1-3H3,(H,29,30). The van der Waals surface area contributed by atoms with Crippen molar-refractivity contribution in [2.45, 2.75) is 11.8 Å². The molecule has 0 saturated carbocycles. The van der Waals surface area contributed by atoms with E-state index in [4.69, 9.17) is 4.74 Å². The minimum absolute atomic E-state index is 0.143. The highest BCUT2D eigenvalue weighted by atomic mass is 32.2. The first-order valence-electron chi connectivity index (χ1n) is 10.6. The first kappa shape index (κ1) is 23.2. The molecular formula is C27H24N2O4S. The summed E-state index contributed by atoms with van der Waals surface area (Å²) in [5, 5.41) is 2.93. The number of amides is 1. The molecule has 0 fully saturated rings. The molecule has 0 saturated heterocycles. The van der Waals surface area contributed by atoms with Gasteiger partial charge in [0.05, 0.1) is 17.7 Å².